The third kappa shape index (κ3) is 2.51. The van der Waals surface area contributed by atoms with Crippen LogP contribution in [0.25, 0.3) is 0 Å². The van der Waals surface area contributed by atoms with Crippen LogP contribution in [0.4, 0.5) is 0 Å². The molecule has 1 saturated heterocycles. The number of hydrogen-bond acceptors (Lipinski definition) is 3. The third-order valence-corrected chi connectivity index (χ3v) is 4.83. The van der Waals surface area contributed by atoms with E-state index in [2.05, 4.69) is 12.2 Å². The summed E-state index contributed by atoms with van der Waals surface area (Å²) in [6, 6.07) is 0.193. The maximum atomic E-state index is 12.7. The highest BCUT2D eigenvalue weighted by Crippen LogP contribution is 2.41. The predicted molar refractivity (Wildman–Crippen MR) is 73.4 cm³/mol. The van der Waals surface area contributed by atoms with E-state index in [4.69, 9.17) is 0 Å². The molecule has 0 aromatic heterocycles. The zero-order valence-corrected chi connectivity index (χ0v) is 12.2. The average molecular weight is 270 g/mol. The van der Waals surface area contributed by atoms with Crippen molar-refractivity contribution in [2.45, 2.75) is 44.7 Å². The molecule has 0 spiro atoms. The highest BCUT2D eigenvalue weighted by molar-refractivity contribution is 7.98. The average Bonchev–Trinajstić information content (AvgIpc) is 3.12. The van der Waals surface area contributed by atoms with Gasteiger partial charge in [-0.2, -0.15) is 11.8 Å². The fourth-order valence-electron chi connectivity index (χ4n) is 2.72. The summed E-state index contributed by atoms with van der Waals surface area (Å²) >= 11 is 1.74. The third-order valence-electron chi connectivity index (χ3n) is 4.02. The highest BCUT2D eigenvalue weighted by Gasteiger charge is 2.51. The van der Waals surface area contributed by atoms with Crippen LogP contribution in [0.2, 0.25) is 0 Å². The van der Waals surface area contributed by atoms with Crippen molar-refractivity contribution in [1.29, 1.82) is 0 Å². The van der Waals surface area contributed by atoms with E-state index in [1.165, 1.54) is 0 Å². The molecule has 4 nitrogen and oxygen atoms in total. The largest absolute Gasteiger partial charge is 0.342 e. The summed E-state index contributed by atoms with van der Waals surface area (Å²) in [7, 11) is 0. The molecule has 0 bridgehead atoms. The quantitative estimate of drug-likeness (QED) is 0.836. The standard InChI is InChI=1S/C13H22N2O2S/c1-9(8-18-3)15-7-6-11(16)14-13(2,12(15)17)10-4-5-10/h9-10H,4-8H2,1-3H3,(H,14,16). The Morgan fingerprint density at radius 1 is 1.50 bits per heavy atom. The van der Waals surface area contributed by atoms with Crippen molar-refractivity contribution < 1.29 is 9.59 Å². The Balaban J connectivity index is 2.20. The fraction of sp³-hybridized carbons (Fsp3) is 0.846. The van der Waals surface area contributed by atoms with Crippen LogP contribution >= 0.6 is 11.8 Å². The van der Waals surface area contributed by atoms with Crippen LogP contribution in [0.5, 0.6) is 0 Å². The van der Waals surface area contributed by atoms with Crippen LogP contribution in [-0.2, 0) is 9.59 Å². The summed E-state index contributed by atoms with van der Waals surface area (Å²) in [4.78, 5) is 26.4. The Morgan fingerprint density at radius 3 is 2.72 bits per heavy atom. The van der Waals surface area contributed by atoms with Gasteiger partial charge in [0.05, 0.1) is 0 Å². The summed E-state index contributed by atoms with van der Waals surface area (Å²) < 4.78 is 0. The van der Waals surface area contributed by atoms with Crippen LogP contribution in [0.3, 0.4) is 0 Å². The molecule has 2 atom stereocenters. The van der Waals surface area contributed by atoms with E-state index in [0.717, 1.165) is 18.6 Å². The first-order valence-corrected chi connectivity index (χ1v) is 7.99. The number of thioether (sulfide) groups is 1. The van der Waals surface area contributed by atoms with Crippen LogP contribution < -0.4 is 5.32 Å². The molecule has 18 heavy (non-hydrogen) atoms. The molecule has 2 unspecified atom stereocenters. The van der Waals surface area contributed by atoms with E-state index in [-0.39, 0.29) is 17.9 Å². The Labute approximate surface area is 113 Å². The topological polar surface area (TPSA) is 49.4 Å². The van der Waals surface area contributed by atoms with E-state index >= 15 is 0 Å². The van der Waals surface area contributed by atoms with Crippen molar-refractivity contribution in [2.24, 2.45) is 5.92 Å². The number of carbonyl (C=O) groups excluding carboxylic acids is 2. The van der Waals surface area contributed by atoms with Crippen LogP contribution in [0.15, 0.2) is 0 Å². The molecule has 0 radical (unpaired) electrons. The minimum Gasteiger partial charge on any atom is -0.342 e. The van der Waals surface area contributed by atoms with Gasteiger partial charge in [-0.05, 0) is 38.9 Å². The van der Waals surface area contributed by atoms with E-state index in [0.29, 0.717) is 18.9 Å². The molecule has 2 aliphatic rings. The molecular formula is C13H22N2O2S. The number of amides is 2. The summed E-state index contributed by atoms with van der Waals surface area (Å²) in [6.45, 7) is 4.52. The SMILES string of the molecule is CSCC(C)N1CCC(=O)NC(C)(C2CC2)C1=O. The molecule has 2 fully saturated rings. The molecule has 0 aromatic rings. The van der Waals surface area contributed by atoms with Gasteiger partial charge in [0.2, 0.25) is 11.8 Å². The second-order valence-electron chi connectivity index (χ2n) is 5.58. The molecule has 2 amide bonds. The van der Waals surface area contributed by atoms with Crippen LogP contribution in [0, 0.1) is 5.92 Å². The maximum Gasteiger partial charge on any atom is 0.248 e. The lowest BCUT2D eigenvalue weighted by Crippen LogP contribution is -2.58. The van der Waals surface area contributed by atoms with Crippen LogP contribution in [0.1, 0.15) is 33.1 Å². The normalized spacial score (nSPS) is 30.9. The van der Waals surface area contributed by atoms with E-state index in [1.807, 2.05) is 18.1 Å². The second-order valence-corrected chi connectivity index (χ2v) is 6.49. The lowest BCUT2D eigenvalue weighted by molar-refractivity contribution is -0.140. The molecule has 1 aliphatic carbocycles. The maximum absolute atomic E-state index is 12.7. The molecule has 1 heterocycles. The zero-order chi connectivity index (χ0) is 13.3. The zero-order valence-electron chi connectivity index (χ0n) is 11.4. The van der Waals surface area contributed by atoms with Gasteiger partial charge in [0.15, 0.2) is 0 Å². The van der Waals surface area contributed by atoms with Gasteiger partial charge in [-0.1, -0.05) is 0 Å². The number of nitrogens with zero attached hydrogens (tertiary/aromatic N) is 1. The monoisotopic (exact) mass is 270 g/mol. The van der Waals surface area contributed by atoms with Gasteiger partial charge in [-0.25, -0.2) is 0 Å². The first-order valence-electron chi connectivity index (χ1n) is 6.60. The molecule has 1 N–H and O–H groups in total. The van der Waals surface area contributed by atoms with E-state index in [1.54, 1.807) is 11.8 Å². The van der Waals surface area contributed by atoms with Crippen molar-refractivity contribution in [2.75, 3.05) is 18.6 Å². The molecule has 5 heteroatoms. The summed E-state index contributed by atoms with van der Waals surface area (Å²) in [5.41, 5.74) is -0.666. The summed E-state index contributed by atoms with van der Waals surface area (Å²) in [5, 5.41) is 2.96. The van der Waals surface area contributed by atoms with Gasteiger partial charge in [-0.15, -0.1) is 0 Å². The van der Waals surface area contributed by atoms with Gasteiger partial charge in [0, 0.05) is 24.8 Å². The molecule has 1 saturated carbocycles. The van der Waals surface area contributed by atoms with Gasteiger partial charge in [-0.3, -0.25) is 9.59 Å². The highest BCUT2D eigenvalue weighted by atomic mass is 32.2. The summed E-state index contributed by atoms with van der Waals surface area (Å²) in [5.74, 6) is 1.37. The number of carbonyl (C=O) groups is 2. The van der Waals surface area contributed by atoms with E-state index < -0.39 is 5.54 Å². The second kappa shape index (κ2) is 5.11. The van der Waals surface area contributed by atoms with Gasteiger partial charge >= 0.3 is 0 Å². The lowest BCUT2D eigenvalue weighted by Gasteiger charge is -2.35. The number of rotatable bonds is 4. The Hall–Kier alpha value is -0.710. The Kier molecular flexibility index (Phi) is 3.90. The minimum atomic E-state index is -0.666. The predicted octanol–water partition coefficient (Wildman–Crippen LogP) is 1.26. The van der Waals surface area contributed by atoms with Gasteiger partial charge < -0.3 is 10.2 Å². The molecule has 2 rings (SSSR count). The van der Waals surface area contributed by atoms with Crippen molar-refractivity contribution >= 4 is 23.6 Å². The van der Waals surface area contributed by atoms with Crippen molar-refractivity contribution in [3.8, 4) is 0 Å². The fourth-order valence-corrected chi connectivity index (χ4v) is 3.38. The van der Waals surface area contributed by atoms with Crippen molar-refractivity contribution in [3.63, 3.8) is 0 Å². The Bertz CT molecular complexity index is 357. The van der Waals surface area contributed by atoms with Gasteiger partial charge in [0.1, 0.15) is 5.54 Å². The number of hydrogen-bond donors (Lipinski definition) is 1. The molecule has 102 valence electrons. The molecule has 1 aliphatic heterocycles. The lowest BCUT2D eigenvalue weighted by atomic mass is 9.93. The van der Waals surface area contributed by atoms with Crippen molar-refractivity contribution in [3.05, 3.63) is 0 Å². The first-order chi connectivity index (χ1) is 8.49. The van der Waals surface area contributed by atoms with Crippen LogP contribution in [-0.4, -0.2) is 46.8 Å². The number of nitrogens with one attached hydrogen (secondary N) is 1. The smallest absolute Gasteiger partial charge is 0.248 e. The minimum absolute atomic E-state index is 0.0107. The first kappa shape index (κ1) is 13.7. The summed E-state index contributed by atoms with van der Waals surface area (Å²) in [6.07, 6.45) is 4.57. The van der Waals surface area contributed by atoms with E-state index in [9.17, 15) is 9.59 Å². The Morgan fingerprint density at radius 2 is 2.17 bits per heavy atom. The van der Waals surface area contributed by atoms with Gasteiger partial charge in [0.25, 0.3) is 0 Å². The molecular weight excluding hydrogens is 248 g/mol. The van der Waals surface area contributed by atoms with Crippen molar-refractivity contribution in [1.82, 2.24) is 10.2 Å². The molecule has 0 aromatic carbocycles.